The molecule has 1 saturated heterocycles. The van der Waals surface area contributed by atoms with Crippen molar-refractivity contribution in [1.82, 2.24) is 13.9 Å². The SMILES string of the molecule is CCN(C)S(=O)(=O)N1CCCCC1CNC1CC1. The molecule has 1 unspecified atom stereocenters. The molecule has 1 saturated carbocycles. The van der Waals surface area contributed by atoms with Crippen molar-refractivity contribution in [3.63, 3.8) is 0 Å². The van der Waals surface area contributed by atoms with Gasteiger partial charge in [0.05, 0.1) is 0 Å². The minimum atomic E-state index is -3.26. The molecule has 2 rings (SSSR count). The van der Waals surface area contributed by atoms with E-state index in [-0.39, 0.29) is 6.04 Å². The molecular weight excluding hydrogens is 250 g/mol. The highest BCUT2D eigenvalue weighted by Gasteiger charge is 2.35. The molecule has 6 heteroatoms. The molecule has 0 aromatic carbocycles. The van der Waals surface area contributed by atoms with Gasteiger partial charge < -0.3 is 5.32 Å². The predicted molar refractivity (Wildman–Crippen MR) is 72.6 cm³/mol. The first kappa shape index (κ1) is 14.2. The summed E-state index contributed by atoms with van der Waals surface area (Å²) < 4.78 is 28.0. The fraction of sp³-hybridized carbons (Fsp3) is 1.00. The Kier molecular flexibility index (Phi) is 4.64. The van der Waals surface area contributed by atoms with E-state index < -0.39 is 10.2 Å². The molecule has 1 heterocycles. The predicted octanol–water partition coefficient (Wildman–Crippen LogP) is 0.789. The van der Waals surface area contributed by atoms with Crippen molar-refractivity contribution < 1.29 is 8.42 Å². The third-order valence-corrected chi connectivity index (χ3v) is 6.05. The zero-order valence-electron chi connectivity index (χ0n) is 11.4. The van der Waals surface area contributed by atoms with Gasteiger partial charge in [-0.05, 0) is 25.7 Å². The van der Waals surface area contributed by atoms with Gasteiger partial charge in [0, 0.05) is 38.8 Å². The van der Waals surface area contributed by atoms with Crippen LogP contribution in [0.1, 0.15) is 39.0 Å². The number of nitrogens with one attached hydrogen (secondary N) is 1. The lowest BCUT2D eigenvalue weighted by Gasteiger charge is -2.37. The molecule has 0 aromatic heterocycles. The van der Waals surface area contributed by atoms with Crippen LogP contribution < -0.4 is 5.32 Å². The van der Waals surface area contributed by atoms with E-state index >= 15 is 0 Å². The Bertz CT molecular complexity index is 368. The molecule has 1 N–H and O–H groups in total. The highest BCUT2D eigenvalue weighted by molar-refractivity contribution is 7.86. The molecule has 1 atom stereocenters. The van der Waals surface area contributed by atoms with Crippen LogP contribution in [-0.4, -0.2) is 55.8 Å². The third kappa shape index (κ3) is 3.23. The first-order valence-electron chi connectivity index (χ1n) is 7.02. The lowest BCUT2D eigenvalue weighted by molar-refractivity contribution is 0.231. The average Bonchev–Trinajstić information content (AvgIpc) is 3.19. The second kappa shape index (κ2) is 5.86. The topological polar surface area (TPSA) is 52.7 Å². The Labute approximate surface area is 111 Å². The summed E-state index contributed by atoms with van der Waals surface area (Å²) in [7, 11) is -1.60. The van der Waals surface area contributed by atoms with Gasteiger partial charge in [-0.15, -0.1) is 0 Å². The van der Waals surface area contributed by atoms with Crippen LogP contribution in [0.25, 0.3) is 0 Å². The first-order valence-corrected chi connectivity index (χ1v) is 8.42. The second-order valence-corrected chi connectivity index (χ2v) is 7.35. The first-order chi connectivity index (χ1) is 8.55. The highest BCUT2D eigenvalue weighted by atomic mass is 32.2. The largest absolute Gasteiger partial charge is 0.312 e. The summed E-state index contributed by atoms with van der Waals surface area (Å²) in [6.07, 6.45) is 5.59. The van der Waals surface area contributed by atoms with Crippen LogP contribution in [0, 0.1) is 0 Å². The maximum absolute atomic E-state index is 12.4. The molecule has 106 valence electrons. The van der Waals surface area contributed by atoms with Gasteiger partial charge in [0.2, 0.25) is 0 Å². The second-order valence-electron chi connectivity index (χ2n) is 5.36. The van der Waals surface area contributed by atoms with E-state index in [4.69, 9.17) is 0 Å². The molecule has 1 aliphatic heterocycles. The Morgan fingerprint density at radius 1 is 1.28 bits per heavy atom. The smallest absolute Gasteiger partial charge is 0.282 e. The lowest BCUT2D eigenvalue weighted by atomic mass is 10.1. The Morgan fingerprint density at radius 2 is 2.00 bits per heavy atom. The van der Waals surface area contributed by atoms with E-state index in [1.54, 1.807) is 11.4 Å². The van der Waals surface area contributed by atoms with E-state index in [9.17, 15) is 8.42 Å². The van der Waals surface area contributed by atoms with Crippen molar-refractivity contribution >= 4 is 10.2 Å². The molecule has 18 heavy (non-hydrogen) atoms. The van der Waals surface area contributed by atoms with Crippen molar-refractivity contribution in [2.45, 2.75) is 51.1 Å². The van der Waals surface area contributed by atoms with Crippen LogP contribution in [0.15, 0.2) is 0 Å². The van der Waals surface area contributed by atoms with E-state index in [2.05, 4.69) is 5.32 Å². The molecule has 0 spiro atoms. The molecule has 2 fully saturated rings. The van der Waals surface area contributed by atoms with Crippen LogP contribution in [0.4, 0.5) is 0 Å². The van der Waals surface area contributed by atoms with Gasteiger partial charge in [0.25, 0.3) is 10.2 Å². The van der Waals surface area contributed by atoms with Crippen LogP contribution in [0.5, 0.6) is 0 Å². The van der Waals surface area contributed by atoms with Gasteiger partial charge in [-0.3, -0.25) is 0 Å². The fourth-order valence-corrected chi connectivity index (χ4v) is 4.02. The van der Waals surface area contributed by atoms with Gasteiger partial charge in [0.15, 0.2) is 0 Å². The van der Waals surface area contributed by atoms with Crippen molar-refractivity contribution in [2.24, 2.45) is 0 Å². The number of hydrogen-bond acceptors (Lipinski definition) is 3. The zero-order chi connectivity index (χ0) is 13.2. The summed E-state index contributed by atoms with van der Waals surface area (Å²) >= 11 is 0. The summed E-state index contributed by atoms with van der Waals surface area (Å²) in [6.45, 7) is 3.88. The van der Waals surface area contributed by atoms with Crippen LogP contribution in [-0.2, 0) is 10.2 Å². The van der Waals surface area contributed by atoms with Gasteiger partial charge >= 0.3 is 0 Å². The van der Waals surface area contributed by atoms with Crippen LogP contribution in [0.3, 0.4) is 0 Å². The molecule has 1 aliphatic carbocycles. The summed E-state index contributed by atoms with van der Waals surface area (Å²) in [5, 5.41) is 3.46. The molecule has 2 aliphatic rings. The van der Waals surface area contributed by atoms with Gasteiger partial charge in [-0.1, -0.05) is 13.3 Å². The molecular formula is C12H25N3O2S. The average molecular weight is 275 g/mol. The fourth-order valence-electron chi connectivity index (χ4n) is 2.41. The standard InChI is InChI=1S/C12H25N3O2S/c1-3-14(2)18(16,17)15-9-5-4-6-12(15)10-13-11-7-8-11/h11-13H,3-10H2,1-2H3. The number of nitrogens with zero attached hydrogens (tertiary/aromatic N) is 2. The minimum Gasteiger partial charge on any atom is -0.312 e. The Balaban J connectivity index is 2.01. The summed E-state index contributed by atoms with van der Waals surface area (Å²) in [5.74, 6) is 0. The number of rotatable bonds is 6. The quantitative estimate of drug-likeness (QED) is 0.780. The van der Waals surface area contributed by atoms with Crippen molar-refractivity contribution in [1.29, 1.82) is 0 Å². The van der Waals surface area contributed by atoms with E-state index in [0.29, 0.717) is 19.1 Å². The Morgan fingerprint density at radius 3 is 2.61 bits per heavy atom. The molecule has 0 aromatic rings. The van der Waals surface area contributed by atoms with Crippen LogP contribution >= 0.6 is 0 Å². The zero-order valence-corrected chi connectivity index (χ0v) is 12.2. The summed E-state index contributed by atoms with van der Waals surface area (Å²) in [4.78, 5) is 0. The molecule has 0 radical (unpaired) electrons. The van der Waals surface area contributed by atoms with E-state index in [0.717, 1.165) is 25.8 Å². The Hall–Kier alpha value is -0.170. The number of hydrogen-bond donors (Lipinski definition) is 1. The van der Waals surface area contributed by atoms with Crippen LogP contribution in [0.2, 0.25) is 0 Å². The monoisotopic (exact) mass is 275 g/mol. The maximum atomic E-state index is 12.4. The van der Waals surface area contributed by atoms with Gasteiger partial charge in [-0.2, -0.15) is 17.0 Å². The van der Waals surface area contributed by atoms with E-state index in [1.165, 1.54) is 17.1 Å². The number of piperidine rings is 1. The summed E-state index contributed by atoms with van der Waals surface area (Å²) in [6, 6.07) is 0.777. The lowest BCUT2D eigenvalue weighted by Crippen LogP contribution is -2.52. The minimum absolute atomic E-state index is 0.137. The third-order valence-electron chi connectivity index (χ3n) is 3.93. The van der Waals surface area contributed by atoms with Gasteiger partial charge in [0.1, 0.15) is 0 Å². The van der Waals surface area contributed by atoms with Crippen molar-refractivity contribution in [3.8, 4) is 0 Å². The van der Waals surface area contributed by atoms with Crippen molar-refractivity contribution in [3.05, 3.63) is 0 Å². The normalized spacial score (nSPS) is 26.7. The highest BCUT2D eigenvalue weighted by Crippen LogP contribution is 2.24. The summed E-state index contributed by atoms with van der Waals surface area (Å²) in [5.41, 5.74) is 0. The maximum Gasteiger partial charge on any atom is 0.282 e. The van der Waals surface area contributed by atoms with Gasteiger partial charge in [-0.25, -0.2) is 0 Å². The molecule has 5 nitrogen and oxygen atoms in total. The molecule has 0 bridgehead atoms. The van der Waals surface area contributed by atoms with E-state index in [1.807, 2.05) is 6.92 Å². The van der Waals surface area contributed by atoms with Crippen molar-refractivity contribution in [2.75, 3.05) is 26.7 Å². The molecule has 0 amide bonds.